The summed E-state index contributed by atoms with van der Waals surface area (Å²) in [5, 5.41) is 8.57. The molecule has 0 aliphatic heterocycles. The van der Waals surface area contributed by atoms with Gasteiger partial charge in [0.05, 0.1) is 12.2 Å². The van der Waals surface area contributed by atoms with Gasteiger partial charge in [0, 0.05) is 11.5 Å². The summed E-state index contributed by atoms with van der Waals surface area (Å²) in [4.78, 5) is 12.6. The third kappa shape index (κ3) is 4.24. The van der Waals surface area contributed by atoms with E-state index in [-0.39, 0.29) is 12.6 Å². The molecule has 0 aliphatic rings. The van der Waals surface area contributed by atoms with Crippen LogP contribution in [-0.2, 0) is 4.74 Å². The number of esters is 1. The molecule has 0 unspecified atom stereocenters. The topological polar surface area (TPSA) is 46.5 Å². The predicted octanol–water partition coefficient (Wildman–Crippen LogP) is 2.34. The first-order valence-electron chi connectivity index (χ1n) is 5.20. The van der Waals surface area contributed by atoms with Crippen LogP contribution in [-0.4, -0.2) is 30.5 Å². The van der Waals surface area contributed by atoms with E-state index in [0.29, 0.717) is 25.0 Å². The molecule has 0 aromatic heterocycles. The average Bonchev–Trinajstić information content (AvgIpc) is 2.34. The molecular formula is C12H16O3S. The van der Waals surface area contributed by atoms with Gasteiger partial charge in [0.1, 0.15) is 0 Å². The minimum atomic E-state index is -0.297. The van der Waals surface area contributed by atoms with Crippen LogP contribution in [0.1, 0.15) is 23.2 Å². The smallest absolute Gasteiger partial charge is 0.338 e. The summed E-state index contributed by atoms with van der Waals surface area (Å²) < 4.78 is 5.07. The van der Waals surface area contributed by atoms with Crippen molar-refractivity contribution in [1.29, 1.82) is 0 Å². The molecule has 4 heteroatoms. The molecule has 3 nitrogen and oxygen atoms in total. The zero-order valence-electron chi connectivity index (χ0n) is 9.31. The first-order valence-corrected chi connectivity index (χ1v) is 6.42. The lowest BCUT2D eigenvalue weighted by atomic mass is 10.2. The lowest BCUT2D eigenvalue weighted by Gasteiger charge is -2.05. The van der Waals surface area contributed by atoms with Crippen molar-refractivity contribution >= 4 is 17.7 Å². The van der Waals surface area contributed by atoms with Crippen molar-refractivity contribution in [2.45, 2.75) is 17.7 Å². The van der Waals surface area contributed by atoms with Crippen LogP contribution in [0.15, 0.2) is 29.2 Å². The number of aliphatic hydroxyl groups is 1. The Kier molecular flexibility index (Phi) is 5.96. The summed E-state index contributed by atoms with van der Waals surface area (Å²) in [5.74, 6) is -0.297. The Morgan fingerprint density at radius 1 is 1.44 bits per heavy atom. The highest BCUT2D eigenvalue weighted by Gasteiger charge is 2.06. The number of hydrogen-bond acceptors (Lipinski definition) is 4. The second-order valence-electron chi connectivity index (χ2n) is 3.30. The van der Waals surface area contributed by atoms with Gasteiger partial charge in [-0.2, -0.15) is 0 Å². The molecule has 1 rings (SSSR count). The zero-order valence-corrected chi connectivity index (χ0v) is 10.1. The number of hydrogen-bond donors (Lipinski definition) is 1. The minimum Gasteiger partial charge on any atom is -0.462 e. The van der Waals surface area contributed by atoms with E-state index in [0.717, 1.165) is 4.90 Å². The molecule has 1 aromatic carbocycles. The van der Waals surface area contributed by atoms with E-state index in [1.807, 2.05) is 24.5 Å². The molecule has 88 valence electrons. The number of aliphatic hydroxyl groups excluding tert-OH is 1. The fraction of sp³-hybridized carbons (Fsp3) is 0.417. The maximum atomic E-state index is 11.6. The van der Waals surface area contributed by atoms with Gasteiger partial charge in [-0.05, 0) is 37.3 Å². The van der Waals surface area contributed by atoms with Crippen LogP contribution in [0, 0.1) is 0 Å². The second-order valence-corrected chi connectivity index (χ2v) is 4.18. The number of unbranched alkanes of at least 4 members (excludes halogenated alkanes) is 1. The molecule has 0 amide bonds. The van der Waals surface area contributed by atoms with Gasteiger partial charge in [0.2, 0.25) is 0 Å². The summed E-state index contributed by atoms with van der Waals surface area (Å²) in [6.45, 7) is 0.502. The third-order valence-corrected chi connectivity index (χ3v) is 2.82. The lowest BCUT2D eigenvalue weighted by Crippen LogP contribution is -2.06. The Balaban J connectivity index is 2.46. The first-order chi connectivity index (χ1) is 7.77. The number of carbonyl (C=O) groups is 1. The van der Waals surface area contributed by atoms with Crippen molar-refractivity contribution in [3.05, 3.63) is 29.8 Å². The summed E-state index contributed by atoms with van der Waals surface area (Å²) >= 11 is 1.59. The highest BCUT2D eigenvalue weighted by atomic mass is 32.2. The van der Waals surface area contributed by atoms with Gasteiger partial charge in [0.15, 0.2) is 0 Å². The van der Waals surface area contributed by atoms with Crippen molar-refractivity contribution in [2.75, 3.05) is 19.5 Å². The van der Waals surface area contributed by atoms with E-state index in [1.54, 1.807) is 17.8 Å². The first kappa shape index (κ1) is 13.1. The van der Waals surface area contributed by atoms with Crippen LogP contribution in [0.5, 0.6) is 0 Å². The summed E-state index contributed by atoms with van der Waals surface area (Å²) in [6, 6.07) is 7.36. The Bertz CT molecular complexity index is 339. The van der Waals surface area contributed by atoms with E-state index in [1.165, 1.54) is 0 Å². The average molecular weight is 240 g/mol. The molecule has 0 spiro atoms. The highest BCUT2D eigenvalue weighted by molar-refractivity contribution is 7.98. The standard InChI is InChI=1S/C12H16O3S/c1-16-11-6-4-5-10(9-11)12(14)15-8-3-2-7-13/h4-6,9,13H,2-3,7-8H2,1H3. The molecule has 0 heterocycles. The molecule has 0 saturated carbocycles. The SMILES string of the molecule is CSc1cccc(C(=O)OCCCCO)c1. The van der Waals surface area contributed by atoms with Gasteiger partial charge >= 0.3 is 5.97 Å². The van der Waals surface area contributed by atoms with Crippen LogP contribution in [0.25, 0.3) is 0 Å². The number of ether oxygens (including phenoxy) is 1. The van der Waals surface area contributed by atoms with Crippen molar-refractivity contribution in [3.63, 3.8) is 0 Å². The van der Waals surface area contributed by atoms with E-state index in [4.69, 9.17) is 9.84 Å². The van der Waals surface area contributed by atoms with Gasteiger partial charge in [-0.3, -0.25) is 0 Å². The monoisotopic (exact) mass is 240 g/mol. The molecule has 0 fully saturated rings. The molecule has 16 heavy (non-hydrogen) atoms. The molecule has 0 saturated heterocycles. The quantitative estimate of drug-likeness (QED) is 0.471. The largest absolute Gasteiger partial charge is 0.462 e. The lowest BCUT2D eigenvalue weighted by molar-refractivity contribution is 0.0492. The van der Waals surface area contributed by atoms with Crippen LogP contribution < -0.4 is 0 Å². The van der Waals surface area contributed by atoms with Gasteiger partial charge < -0.3 is 9.84 Å². The second kappa shape index (κ2) is 7.30. The van der Waals surface area contributed by atoms with Crippen LogP contribution in [0.3, 0.4) is 0 Å². The molecule has 0 aliphatic carbocycles. The Hall–Kier alpha value is -1.00. The predicted molar refractivity (Wildman–Crippen MR) is 64.8 cm³/mol. The Labute approximate surface area is 99.8 Å². The zero-order chi connectivity index (χ0) is 11.8. The fourth-order valence-electron chi connectivity index (χ4n) is 1.21. The van der Waals surface area contributed by atoms with Crippen molar-refractivity contribution in [1.82, 2.24) is 0 Å². The van der Waals surface area contributed by atoms with Gasteiger partial charge in [-0.1, -0.05) is 6.07 Å². The minimum absolute atomic E-state index is 0.138. The van der Waals surface area contributed by atoms with Crippen molar-refractivity contribution in [3.8, 4) is 0 Å². The maximum absolute atomic E-state index is 11.6. The van der Waals surface area contributed by atoms with Crippen molar-refractivity contribution in [2.24, 2.45) is 0 Å². The molecule has 0 bridgehead atoms. The molecule has 0 atom stereocenters. The van der Waals surface area contributed by atoms with Gasteiger partial charge in [0.25, 0.3) is 0 Å². The van der Waals surface area contributed by atoms with E-state index in [9.17, 15) is 4.79 Å². The van der Waals surface area contributed by atoms with E-state index < -0.39 is 0 Å². The number of benzene rings is 1. The van der Waals surface area contributed by atoms with Gasteiger partial charge in [-0.25, -0.2) is 4.79 Å². The molecule has 1 aromatic rings. The molecule has 1 N–H and O–H groups in total. The highest BCUT2D eigenvalue weighted by Crippen LogP contribution is 2.16. The normalized spacial score (nSPS) is 10.1. The van der Waals surface area contributed by atoms with Crippen LogP contribution >= 0.6 is 11.8 Å². The van der Waals surface area contributed by atoms with E-state index in [2.05, 4.69) is 0 Å². The summed E-state index contributed by atoms with van der Waals surface area (Å²) in [7, 11) is 0. The van der Waals surface area contributed by atoms with Crippen LogP contribution in [0.4, 0.5) is 0 Å². The number of carbonyl (C=O) groups excluding carboxylic acids is 1. The Morgan fingerprint density at radius 3 is 2.94 bits per heavy atom. The molecular weight excluding hydrogens is 224 g/mol. The third-order valence-electron chi connectivity index (χ3n) is 2.09. The fourth-order valence-corrected chi connectivity index (χ4v) is 1.67. The van der Waals surface area contributed by atoms with Crippen molar-refractivity contribution < 1.29 is 14.6 Å². The summed E-state index contributed by atoms with van der Waals surface area (Å²) in [5.41, 5.74) is 0.579. The van der Waals surface area contributed by atoms with Crippen LogP contribution in [0.2, 0.25) is 0 Å². The molecule has 0 radical (unpaired) electrons. The van der Waals surface area contributed by atoms with Gasteiger partial charge in [-0.15, -0.1) is 11.8 Å². The van der Waals surface area contributed by atoms with E-state index >= 15 is 0 Å². The number of rotatable bonds is 6. The number of thioether (sulfide) groups is 1. The maximum Gasteiger partial charge on any atom is 0.338 e. The Morgan fingerprint density at radius 2 is 2.25 bits per heavy atom. The summed E-state index contributed by atoms with van der Waals surface area (Å²) in [6.07, 6.45) is 3.33.